The van der Waals surface area contributed by atoms with Crippen LogP contribution in [0.3, 0.4) is 0 Å². The molecule has 5 heteroatoms. The second-order valence-corrected chi connectivity index (χ2v) is 5.36. The van der Waals surface area contributed by atoms with Crippen molar-refractivity contribution in [3.05, 3.63) is 63.1 Å². The Hall–Kier alpha value is -0.970. The Kier molecular flexibility index (Phi) is 4.91. The van der Waals surface area contributed by atoms with Crippen LogP contribution in [0.15, 0.2) is 41.1 Å². The lowest BCUT2D eigenvalue weighted by atomic mass is 9.99. The van der Waals surface area contributed by atoms with Gasteiger partial charge in [-0.05, 0) is 52.7 Å². The van der Waals surface area contributed by atoms with Gasteiger partial charge in [-0.1, -0.05) is 23.7 Å². The van der Waals surface area contributed by atoms with Gasteiger partial charge in [0.15, 0.2) is 0 Å². The molecule has 0 saturated heterocycles. The Morgan fingerprint density at radius 3 is 2.89 bits per heavy atom. The Balaban J connectivity index is 2.31. The standard InChI is InChI=1S/C14H13BrClFN2/c1-18-13(7-9-5-6-19-8-11(9)16)10-3-2-4-12(17)14(10)15/h2-6,8,13,18H,7H2,1H3. The maximum Gasteiger partial charge on any atom is 0.137 e. The highest BCUT2D eigenvalue weighted by molar-refractivity contribution is 9.10. The third kappa shape index (κ3) is 3.32. The van der Waals surface area contributed by atoms with Crippen LogP contribution in [0.5, 0.6) is 0 Å². The minimum absolute atomic E-state index is 0.0232. The van der Waals surface area contributed by atoms with Gasteiger partial charge in [-0.2, -0.15) is 0 Å². The van der Waals surface area contributed by atoms with Crippen molar-refractivity contribution in [3.8, 4) is 0 Å². The summed E-state index contributed by atoms with van der Waals surface area (Å²) in [5.74, 6) is -0.265. The average molecular weight is 344 g/mol. The van der Waals surface area contributed by atoms with Crippen LogP contribution in [0.4, 0.5) is 4.39 Å². The molecule has 1 atom stereocenters. The van der Waals surface area contributed by atoms with Crippen molar-refractivity contribution in [3.63, 3.8) is 0 Å². The summed E-state index contributed by atoms with van der Waals surface area (Å²) < 4.78 is 14.1. The lowest BCUT2D eigenvalue weighted by Gasteiger charge is -2.19. The highest BCUT2D eigenvalue weighted by Gasteiger charge is 2.16. The summed E-state index contributed by atoms with van der Waals surface area (Å²) in [6.45, 7) is 0. The molecule has 1 heterocycles. The van der Waals surface area contributed by atoms with Crippen LogP contribution in [-0.2, 0) is 6.42 Å². The van der Waals surface area contributed by atoms with Crippen LogP contribution < -0.4 is 5.32 Å². The first kappa shape index (κ1) is 14.4. The van der Waals surface area contributed by atoms with Crippen molar-refractivity contribution < 1.29 is 4.39 Å². The van der Waals surface area contributed by atoms with E-state index in [1.807, 2.05) is 19.2 Å². The number of likely N-dealkylation sites (N-methyl/N-ethyl adjacent to an activating group) is 1. The third-order valence-corrected chi connectivity index (χ3v) is 4.16. The molecule has 1 N–H and O–H groups in total. The number of aromatic nitrogens is 1. The zero-order chi connectivity index (χ0) is 13.8. The first-order valence-electron chi connectivity index (χ1n) is 5.83. The topological polar surface area (TPSA) is 24.9 Å². The Morgan fingerprint density at radius 2 is 2.21 bits per heavy atom. The maximum atomic E-state index is 13.6. The number of pyridine rings is 1. The Morgan fingerprint density at radius 1 is 1.42 bits per heavy atom. The molecule has 0 fully saturated rings. The summed E-state index contributed by atoms with van der Waals surface area (Å²) in [6.07, 6.45) is 3.98. The number of benzene rings is 1. The summed E-state index contributed by atoms with van der Waals surface area (Å²) in [7, 11) is 1.84. The van der Waals surface area contributed by atoms with Crippen molar-refractivity contribution in [2.45, 2.75) is 12.5 Å². The molecule has 100 valence electrons. The molecular weight excluding hydrogens is 331 g/mol. The van der Waals surface area contributed by atoms with Gasteiger partial charge in [0.25, 0.3) is 0 Å². The molecule has 0 aliphatic heterocycles. The monoisotopic (exact) mass is 342 g/mol. The summed E-state index contributed by atoms with van der Waals surface area (Å²) in [5, 5.41) is 3.81. The molecule has 0 radical (unpaired) electrons. The van der Waals surface area contributed by atoms with Crippen LogP contribution in [0.1, 0.15) is 17.2 Å². The molecule has 1 aromatic carbocycles. The minimum atomic E-state index is -0.265. The van der Waals surface area contributed by atoms with E-state index in [4.69, 9.17) is 11.6 Å². The van der Waals surface area contributed by atoms with E-state index < -0.39 is 0 Å². The second-order valence-electron chi connectivity index (χ2n) is 4.16. The van der Waals surface area contributed by atoms with Crippen molar-refractivity contribution >= 4 is 27.5 Å². The number of rotatable bonds is 4. The second kappa shape index (κ2) is 6.46. The number of hydrogen-bond acceptors (Lipinski definition) is 2. The van der Waals surface area contributed by atoms with Gasteiger partial charge in [-0.3, -0.25) is 4.98 Å². The quantitative estimate of drug-likeness (QED) is 0.902. The van der Waals surface area contributed by atoms with Crippen molar-refractivity contribution in [2.75, 3.05) is 7.05 Å². The van der Waals surface area contributed by atoms with Gasteiger partial charge in [0, 0.05) is 18.4 Å². The van der Waals surface area contributed by atoms with E-state index in [9.17, 15) is 4.39 Å². The van der Waals surface area contributed by atoms with Crippen LogP contribution in [-0.4, -0.2) is 12.0 Å². The van der Waals surface area contributed by atoms with Crippen molar-refractivity contribution in [2.24, 2.45) is 0 Å². The average Bonchev–Trinajstić information content (AvgIpc) is 2.41. The molecular formula is C14H13BrClFN2. The normalized spacial score (nSPS) is 12.4. The molecule has 1 aromatic heterocycles. The number of nitrogens with zero attached hydrogens (tertiary/aromatic N) is 1. The lowest BCUT2D eigenvalue weighted by molar-refractivity contribution is 0.571. The zero-order valence-corrected chi connectivity index (χ0v) is 12.7. The number of nitrogens with one attached hydrogen (secondary N) is 1. The van der Waals surface area contributed by atoms with Gasteiger partial charge < -0.3 is 5.32 Å². The van der Waals surface area contributed by atoms with Crippen LogP contribution in [0.25, 0.3) is 0 Å². The molecule has 0 saturated carbocycles. The van der Waals surface area contributed by atoms with Crippen LogP contribution >= 0.6 is 27.5 Å². The predicted molar refractivity (Wildman–Crippen MR) is 78.9 cm³/mol. The molecule has 1 unspecified atom stereocenters. The summed E-state index contributed by atoms with van der Waals surface area (Å²) in [5.41, 5.74) is 1.85. The van der Waals surface area contributed by atoms with E-state index in [0.29, 0.717) is 15.9 Å². The molecule has 0 bridgehead atoms. The predicted octanol–water partition coefficient (Wildman–Crippen LogP) is 4.14. The molecule has 2 nitrogen and oxygen atoms in total. The van der Waals surface area contributed by atoms with E-state index in [2.05, 4.69) is 26.2 Å². The lowest BCUT2D eigenvalue weighted by Crippen LogP contribution is -2.19. The summed E-state index contributed by atoms with van der Waals surface area (Å²) in [4.78, 5) is 3.96. The van der Waals surface area contributed by atoms with E-state index >= 15 is 0 Å². The minimum Gasteiger partial charge on any atom is -0.313 e. The molecule has 0 aliphatic carbocycles. The zero-order valence-electron chi connectivity index (χ0n) is 10.3. The number of halogens is 3. The van der Waals surface area contributed by atoms with E-state index in [1.165, 1.54) is 6.07 Å². The molecule has 0 aliphatic rings. The fourth-order valence-electron chi connectivity index (χ4n) is 1.95. The summed E-state index contributed by atoms with van der Waals surface area (Å²) in [6, 6.07) is 6.88. The third-order valence-electron chi connectivity index (χ3n) is 2.99. The van der Waals surface area contributed by atoms with Gasteiger partial charge in [-0.25, -0.2) is 4.39 Å². The molecule has 2 aromatic rings. The first-order chi connectivity index (χ1) is 9.13. The smallest absolute Gasteiger partial charge is 0.137 e. The molecule has 2 rings (SSSR count). The van der Waals surface area contributed by atoms with Gasteiger partial charge in [0.2, 0.25) is 0 Å². The van der Waals surface area contributed by atoms with E-state index in [1.54, 1.807) is 18.5 Å². The van der Waals surface area contributed by atoms with Gasteiger partial charge in [0.1, 0.15) is 5.82 Å². The van der Waals surface area contributed by atoms with Crippen molar-refractivity contribution in [1.82, 2.24) is 10.3 Å². The maximum absolute atomic E-state index is 13.6. The van der Waals surface area contributed by atoms with Crippen LogP contribution in [0, 0.1) is 5.82 Å². The molecule has 0 spiro atoms. The fraction of sp³-hybridized carbons (Fsp3) is 0.214. The fourth-order valence-corrected chi connectivity index (χ4v) is 2.68. The van der Waals surface area contributed by atoms with E-state index in [-0.39, 0.29) is 11.9 Å². The summed E-state index contributed by atoms with van der Waals surface area (Å²) >= 11 is 9.40. The highest BCUT2D eigenvalue weighted by Crippen LogP contribution is 2.29. The molecule has 0 amide bonds. The van der Waals surface area contributed by atoms with Gasteiger partial charge in [0.05, 0.1) is 9.50 Å². The molecule has 19 heavy (non-hydrogen) atoms. The van der Waals surface area contributed by atoms with E-state index in [0.717, 1.165) is 11.1 Å². The first-order valence-corrected chi connectivity index (χ1v) is 7.00. The van der Waals surface area contributed by atoms with Crippen molar-refractivity contribution in [1.29, 1.82) is 0 Å². The largest absolute Gasteiger partial charge is 0.313 e. The Bertz CT molecular complexity index is 577. The van der Waals surface area contributed by atoms with Gasteiger partial charge >= 0.3 is 0 Å². The van der Waals surface area contributed by atoms with Gasteiger partial charge in [-0.15, -0.1) is 0 Å². The highest BCUT2D eigenvalue weighted by atomic mass is 79.9. The van der Waals surface area contributed by atoms with Crippen LogP contribution in [0.2, 0.25) is 5.02 Å². The Labute approximate surface area is 125 Å². The number of hydrogen-bond donors (Lipinski definition) is 1. The SMILES string of the molecule is CNC(Cc1ccncc1Cl)c1cccc(F)c1Br.